The number of aryl methyl sites for hydroxylation is 2. The highest BCUT2D eigenvalue weighted by molar-refractivity contribution is 5.92. The van der Waals surface area contributed by atoms with E-state index in [2.05, 4.69) is 4.98 Å². The molecule has 0 aliphatic carbocycles. The van der Waals surface area contributed by atoms with E-state index in [1.54, 1.807) is 35.8 Å². The molecule has 0 saturated heterocycles. The second kappa shape index (κ2) is 5.67. The Morgan fingerprint density at radius 1 is 1.33 bits per heavy atom. The summed E-state index contributed by atoms with van der Waals surface area (Å²) >= 11 is 0. The molecule has 7 nitrogen and oxygen atoms in total. The highest BCUT2D eigenvalue weighted by Crippen LogP contribution is 2.25. The molecule has 0 aliphatic heterocycles. The van der Waals surface area contributed by atoms with Crippen molar-refractivity contribution in [3.63, 3.8) is 0 Å². The van der Waals surface area contributed by atoms with E-state index in [0.717, 1.165) is 17.1 Å². The minimum absolute atomic E-state index is 0.208. The molecule has 0 aromatic carbocycles. The number of furan rings is 1. The minimum Gasteiger partial charge on any atom is -0.466 e. The molecule has 0 saturated carbocycles. The quantitative estimate of drug-likeness (QED) is 0.737. The van der Waals surface area contributed by atoms with Gasteiger partial charge in [-0.3, -0.25) is 14.0 Å². The monoisotopic (exact) mass is 328 g/mol. The van der Waals surface area contributed by atoms with Crippen LogP contribution >= 0.6 is 0 Å². The maximum Gasteiger partial charge on any atom is 0.294 e. The first kappa shape index (κ1) is 16.0. The van der Waals surface area contributed by atoms with Gasteiger partial charge in [-0.25, -0.2) is 4.98 Å². The maximum absolute atomic E-state index is 12.6. The molecule has 126 valence electrons. The molecule has 24 heavy (non-hydrogen) atoms. The summed E-state index contributed by atoms with van der Waals surface area (Å²) in [7, 11) is 3.39. The molecule has 3 rings (SSSR count). The van der Waals surface area contributed by atoms with Crippen LogP contribution in [0.5, 0.6) is 0 Å². The van der Waals surface area contributed by atoms with Gasteiger partial charge in [-0.2, -0.15) is 0 Å². The van der Waals surface area contributed by atoms with Gasteiger partial charge >= 0.3 is 0 Å². The van der Waals surface area contributed by atoms with Crippen molar-refractivity contribution in [2.75, 3.05) is 13.6 Å². The number of nitrogens with zero attached hydrogens (tertiary/aromatic N) is 4. The summed E-state index contributed by atoms with van der Waals surface area (Å²) in [5, 5.41) is 0. The fourth-order valence-electron chi connectivity index (χ4n) is 2.71. The third kappa shape index (κ3) is 2.42. The zero-order valence-electron chi connectivity index (χ0n) is 14.5. The Bertz CT molecular complexity index is 993. The van der Waals surface area contributed by atoms with Crippen molar-refractivity contribution in [3.05, 3.63) is 46.0 Å². The number of rotatable bonds is 3. The maximum atomic E-state index is 12.6. The van der Waals surface area contributed by atoms with Gasteiger partial charge in [0, 0.05) is 38.6 Å². The number of hydrogen-bond acceptors (Lipinski definition) is 4. The Morgan fingerprint density at radius 3 is 2.62 bits per heavy atom. The van der Waals surface area contributed by atoms with E-state index in [1.165, 1.54) is 4.57 Å². The molecule has 1 amide bonds. The van der Waals surface area contributed by atoms with Crippen LogP contribution in [0.4, 0.5) is 0 Å². The Kier molecular flexibility index (Phi) is 3.79. The van der Waals surface area contributed by atoms with Crippen LogP contribution in [0.25, 0.3) is 16.9 Å². The molecular weight excluding hydrogens is 308 g/mol. The Morgan fingerprint density at radius 2 is 2.04 bits per heavy atom. The summed E-state index contributed by atoms with van der Waals surface area (Å²) in [6.07, 6.45) is 3.39. The van der Waals surface area contributed by atoms with Gasteiger partial charge in [0.1, 0.15) is 17.2 Å². The lowest BCUT2D eigenvalue weighted by atomic mass is 10.2. The molecule has 3 aromatic rings. The minimum atomic E-state index is -0.260. The highest BCUT2D eigenvalue weighted by Gasteiger charge is 2.19. The molecule has 0 N–H and O–H groups in total. The van der Waals surface area contributed by atoms with Crippen molar-refractivity contribution in [2.24, 2.45) is 7.05 Å². The normalized spacial score (nSPS) is 11.2. The van der Waals surface area contributed by atoms with Crippen molar-refractivity contribution in [1.29, 1.82) is 0 Å². The SMILES string of the molecule is CCN(C)C(=O)c1cn2cc(-c3cc(C)oc3C)n(C)c(=O)c2n1. The van der Waals surface area contributed by atoms with Gasteiger partial charge in [0.05, 0.1) is 5.69 Å². The third-order valence-electron chi connectivity index (χ3n) is 4.21. The van der Waals surface area contributed by atoms with E-state index in [1.807, 2.05) is 26.8 Å². The second-order valence-electron chi connectivity index (χ2n) is 5.88. The molecule has 0 aliphatic rings. The van der Waals surface area contributed by atoms with Crippen LogP contribution in [-0.2, 0) is 7.05 Å². The van der Waals surface area contributed by atoms with Gasteiger partial charge in [0.15, 0.2) is 0 Å². The molecule has 0 bridgehead atoms. The summed E-state index contributed by atoms with van der Waals surface area (Å²) in [4.78, 5) is 30.7. The Hall–Kier alpha value is -2.83. The van der Waals surface area contributed by atoms with E-state index in [4.69, 9.17) is 4.42 Å². The van der Waals surface area contributed by atoms with Gasteiger partial charge in [-0.05, 0) is 26.8 Å². The van der Waals surface area contributed by atoms with Crippen LogP contribution in [0.2, 0.25) is 0 Å². The molecule has 0 unspecified atom stereocenters. The van der Waals surface area contributed by atoms with Crippen LogP contribution in [0, 0.1) is 13.8 Å². The van der Waals surface area contributed by atoms with Crippen LogP contribution < -0.4 is 5.56 Å². The van der Waals surface area contributed by atoms with Gasteiger partial charge in [0.2, 0.25) is 5.65 Å². The first-order valence-electron chi connectivity index (χ1n) is 7.75. The first-order chi connectivity index (χ1) is 11.3. The number of fused-ring (bicyclic) bond motifs is 1. The van der Waals surface area contributed by atoms with Gasteiger partial charge in [-0.15, -0.1) is 0 Å². The summed E-state index contributed by atoms with van der Waals surface area (Å²) in [6, 6.07) is 1.89. The van der Waals surface area contributed by atoms with Crippen molar-refractivity contribution >= 4 is 11.6 Å². The predicted molar refractivity (Wildman–Crippen MR) is 90.2 cm³/mol. The summed E-state index contributed by atoms with van der Waals surface area (Å²) in [6.45, 7) is 6.18. The summed E-state index contributed by atoms with van der Waals surface area (Å²) in [5.41, 5.74) is 1.79. The molecule has 3 heterocycles. The van der Waals surface area contributed by atoms with E-state index in [-0.39, 0.29) is 22.8 Å². The number of carbonyl (C=O) groups excluding carboxylic acids is 1. The molecule has 0 spiro atoms. The van der Waals surface area contributed by atoms with Gasteiger partial charge in [0.25, 0.3) is 11.5 Å². The number of amides is 1. The molecule has 3 aromatic heterocycles. The first-order valence-corrected chi connectivity index (χ1v) is 7.75. The zero-order valence-corrected chi connectivity index (χ0v) is 14.5. The topological polar surface area (TPSA) is 72.8 Å². The third-order valence-corrected chi connectivity index (χ3v) is 4.21. The van der Waals surface area contributed by atoms with E-state index in [0.29, 0.717) is 12.2 Å². The smallest absolute Gasteiger partial charge is 0.294 e. The Labute approximate surface area is 139 Å². The number of aromatic nitrogens is 3. The van der Waals surface area contributed by atoms with Gasteiger partial charge < -0.3 is 13.9 Å². The molecule has 0 fully saturated rings. The fourth-order valence-corrected chi connectivity index (χ4v) is 2.71. The number of carbonyl (C=O) groups is 1. The largest absolute Gasteiger partial charge is 0.466 e. The average molecular weight is 328 g/mol. The average Bonchev–Trinajstić information content (AvgIpc) is 3.12. The number of imidazole rings is 1. The van der Waals surface area contributed by atoms with Crippen molar-refractivity contribution in [2.45, 2.75) is 20.8 Å². The Balaban J connectivity index is 2.21. The van der Waals surface area contributed by atoms with Crippen LogP contribution in [0.1, 0.15) is 28.9 Å². The lowest BCUT2D eigenvalue weighted by Gasteiger charge is -2.11. The van der Waals surface area contributed by atoms with E-state index >= 15 is 0 Å². The van der Waals surface area contributed by atoms with Crippen LogP contribution in [0.3, 0.4) is 0 Å². The lowest BCUT2D eigenvalue weighted by Crippen LogP contribution is -2.26. The van der Waals surface area contributed by atoms with E-state index < -0.39 is 0 Å². The second-order valence-corrected chi connectivity index (χ2v) is 5.88. The van der Waals surface area contributed by atoms with Crippen molar-refractivity contribution in [3.8, 4) is 11.3 Å². The van der Waals surface area contributed by atoms with E-state index in [9.17, 15) is 9.59 Å². The summed E-state index contributed by atoms with van der Waals surface area (Å²) < 4.78 is 8.70. The van der Waals surface area contributed by atoms with Crippen molar-refractivity contribution < 1.29 is 9.21 Å². The summed E-state index contributed by atoms with van der Waals surface area (Å²) in [5.74, 6) is 1.31. The standard InChI is InChI=1S/C17H20N4O3/c1-6-19(4)16(22)13-8-21-9-14(12-7-10(2)24-11(12)3)20(5)17(23)15(21)18-13/h7-9H,6H2,1-5H3. The van der Waals surface area contributed by atoms with Crippen LogP contribution in [0.15, 0.2) is 27.7 Å². The zero-order chi connectivity index (χ0) is 17.6. The lowest BCUT2D eigenvalue weighted by molar-refractivity contribution is 0.0797. The molecular formula is C17H20N4O3. The van der Waals surface area contributed by atoms with Gasteiger partial charge in [-0.1, -0.05) is 0 Å². The highest BCUT2D eigenvalue weighted by atomic mass is 16.3. The fraction of sp³-hybridized carbons (Fsp3) is 0.353. The van der Waals surface area contributed by atoms with Crippen molar-refractivity contribution in [1.82, 2.24) is 18.9 Å². The molecule has 7 heteroatoms. The number of hydrogen-bond donors (Lipinski definition) is 0. The van der Waals surface area contributed by atoms with Crippen LogP contribution in [-0.4, -0.2) is 38.4 Å². The molecule has 0 atom stereocenters. The molecule has 0 radical (unpaired) electrons. The predicted octanol–water partition coefficient (Wildman–Crippen LogP) is 2.00.